The highest BCUT2D eigenvalue weighted by Gasteiger charge is 2.16. The third-order valence-corrected chi connectivity index (χ3v) is 3.05. The molecule has 2 rings (SSSR count). The normalized spacial score (nSPS) is 14.2. The molecule has 1 aliphatic rings. The molecule has 19 heavy (non-hydrogen) atoms. The number of fused-ring (bicyclic) bond motifs is 1. The molecule has 0 saturated heterocycles. The summed E-state index contributed by atoms with van der Waals surface area (Å²) in [6, 6.07) is 5.70. The number of benzene rings is 1. The summed E-state index contributed by atoms with van der Waals surface area (Å²) in [7, 11) is 0. The van der Waals surface area contributed by atoms with Gasteiger partial charge >= 0.3 is 0 Å². The Labute approximate surface area is 113 Å². The SMILES string of the molecule is CCNCCC(=O)NC(C)c1ccc2c(c1)OCO2. The number of carbonyl (C=O) groups is 1. The Morgan fingerprint density at radius 3 is 2.95 bits per heavy atom. The van der Waals surface area contributed by atoms with E-state index in [2.05, 4.69) is 10.6 Å². The fourth-order valence-corrected chi connectivity index (χ4v) is 1.96. The summed E-state index contributed by atoms with van der Waals surface area (Å²) in [5.41, 5.74) is 1.01. The molecule has 1 atom stereocenters. The quantitative estimate of drug-likeness (QED) is 0.766. The summed E-state index contributed by atoms with van der Waals surface area (Å²) in [4.78, 5) is 11.7. The van der Waals surface area contributed by atoms with Crippen LogP contribution in [0, 0.1) is 0 Å². The van der Waals surface area contributed by atoms with Crippen LogP contribution in [0.3, 0.4) is 0 Å². The van der Waals surface area contributed by atoms with Gasteiger partial charge in [0.1, 0.15) is 0 Å². The molecule has 0 aliphatic carbocycles. The van der Waals surface area contributed by atoms with Gasteiger partial charge in [-0.1, -0.05) is 13.0 Å². The summed E-state index contributed by atoms with van der Waals surface area (Å²) in [5, 5.41) is 6.10. The van der Waals surface area contributed by atoms with Gasteiger partial charge in [0, 0.05) is 13.0 Å². The van der Waals surface area contributed by atoms with E-state index >= 15 is 0 Å². The van der Waals surface area contributed by atoms with Crippen LogP contribution in [0.4, 0.5) is 0 Å². The summed E-state index contributed by atoms with van der Waals surface area (Å²) in [5.74, 6) is 1.55. The van der Waals surface area contributed by atoms with Crippen molar-refractivity contribution in [3.63, 3.8) is 0 Å². The molecule has 0 fully saturated rings. The summed E-state index contributed by atoms with van der Waals surface area (Å²) < 4.78 is 10.6. The number of nitrogens with one attached hydrogen (secondary N) is 2. The van der Waals surface area contributed by atoms with Crippen LogP contribution in [-0.2, 0) is 4.79 Å². The average molecular weight is 264 g/mol. The van der Waals surface area contributed by atoms with E-state index < -0.39 is 0 Å². The second-order valence-electron chi connectivity index (χ2n) is 4.51. The lowest BCUT2D eigenvalue weighted by Gasteiger charge is -2.15. The van der Waals surface area contributed by atoms with Gasteiger partial charge in [-0.05, 0) is 31.2 Å². The summed E-state index contributed by atoms with van der Waals surface area (Å²) in [6.45, 7) is 5.83. The summed E-state index contributed by atoms with van der Waals surface area (Å²) >= 11 is 0. The Hall–Kier alpha value is -1.75. The van der Waals surface area contributed by atoms with E-state index in [1.165, 1.54) is 0 Å². The fourth-order valence-electron chi connectivity index (χ4n) is 1.96. The van der Waals surface area contributed by atoms with Gasteiger partial charge in [0.15, 0.2) is 11.5 Å². The Bertz CT molecular complexity index is 448. The summed E-state index contributed by atoms with van der Waals surface area (Å²) in [6.07, 6.45) is 0.489. The van der Waals surface area contributed by atoms with Crippen LogP contribution in [0.25, 0.3) is 0 Å². The minimum absolute atomic E-state index is 0.0383. The third-order valence-electron chi connectivity index (χ3n) is 3.05. The molecule has 1 aromatic carbocycles. The topological polar surface area (TPSA) is 59.6 Å². The van der Waals surface area contributed by atoms with Gasteiger partial charge < -0.3 is 20.1 Å². The zero-order valence-electron chi connectivity index (χ0n) is 11.4. The van der Waals surface area contributed by atoms with Gasteiger partial charge in [-0.3, -0.25) is 4.79 Å². The molecule has 104 valence electrons. The van der Waals surface area contributed by atoms with E-state index in [0.29, 0.717) is 13.0 Å². The molecular weight excluding hydrogens is 244 g/mol. The van der Waals surface area contributed by atoms with Crippen molar-refractivity contribution in [2.75, 3.05) is 19.9 Å². The van der Waals surface area contributed by atoms with Crippen LogP contribution in [-0.4, -0.2) is 25.8 Å². The highest BCUT2D eigenvalue weighted by molar-refractivity contribution is 5.76. The molecule has 5 heteroatoms. The predicted octanol–water partition coefficient (Wildman–Crippen LogP) is 1.59. The largest absolute Gasteiger partial charge is 0.454 e. The van der Waals surface area contributed by atoms with E-state index in [1.807, 2.05) is 32.0 Å². The Morgan fingerprint density at radius 2 is 2.16 bits per heavy atom. The maximum atomic E-state index is 11.7. The van der Waals surface area contributed by atoms with E-state index in [9.17, 15) is 4.79 Å². The lowest BCUT2D eigenvalue weighted by Crippen LogP contribution is -2.29. The van der Waals surface area contributed by atoms with Crippen molar-refractivity contribution in [3.05, 3.63) is 23.8 Å². The molecule has 1 unspecified atom stereocenters. The second-order valence-corrected chi connectivity index (χ2v) is 4.51. The first-order valence-corrected chi connectivity index (χ1v) is 6.60. The molecule has 0 radical (unpaired) electrons. The van der Waals surface area contributed by atoms with E-state index in [1.54, 1.807) is 0 Å². The maximum absolute atomic E-state index is 11.7. The van der Waals surface area contributed by atoms with Gasteiger partial charge in [0.25, 0.3) is 0 Å². The molecule has 2 N–H and O–H groups in total. The molecule has 5 nitrogen and oxygen atoms in total. The number of hydrogen-bond donors (Lipinski definition) is 2. The fraction of sp³-hybridized carbons (Fsp3) is 0.500. The highest BCUT2D eigenvalue weighted by Crippen LogP contribution is 2.34. The molecule has 1 heterocycles. The molecule has 1 aliphatic heterocycles. The molecule has 1 aromatic rings. The van der Waals surface area contributed by atoms with Crippen LogP contribution in [0.15, 0.2) is 18.2 Å². The van der Waals surface area contributed by atoms with Crippen LogP contribution in [0.2, 0.25) is 0 Å². The van der Waals surface area contributed by atoms with E-state index in [-0.39, 0.29) is 18.7 Å². The predicted molar refractivity (Wildman–Crippen MR) is 72.3 cm³/mol. The molecule has 0 spiro atoms. The molecule has 0 bridgehead atoms. The first-order valence-electron chi connectivity index (χ1n) is 6.60. The van der Waals surface area contributed by atoms with Gasteiger partial charge in [-0.2, -0.15) is 0 Å². The van der Waals surface area contributed by atoms with Crippen molar-refractivity contribution in [1.29, 1.82) is 0 Å². The minimum atomic E-state index is -0.0383. The molecular formula is C14H20N2O3. The lowest BCUT2D eigenvalue weighted by atomic mass is 10.1. The van der Waals surface area contributed by atoms with Gasteiger partial charge in [0.2, 0.25) is 12.7 Å². The number of rotatable bonds is 6. The van der Waals surface area contributed by atoms with Crippen molar-refractivity contribution in [3.8, 4) is 11.5 Å². The second kappa shape index (κ2) is 6.43. The molecule has 1 amide bonds. The third kappa shape index (κ3) is 3.61. The van der Waals surface area contributed by atoms with Crippen molar-refractivity contribution in [2.45, 2.75) is 26.3 Å². The smallest absolute Gasteiger partial charge is 0.231 e. The Morgan fingerprint density at radius 1 is 1.37 bits per heavy atom. The van der Waals surface area contributed by atoms with Crippen molar-refractivity contribution in [1.82, 2.24) is 10.6 Å². The van der Waals surface area contributed by atoms with Gasteiger partial charge in [0.05, 0.1) is 6.04 Å². The van der Waals surface area contributed by atoms with E-state index in [0.717, 1.165) is 23.6 Å². The first kappa shape index (κ1) is 13.7. The van der Waals surface area contributed by atoms with Crippen molar-refractivity contribution in [2.24, 2.45) is 0 Å². The average Bonchev–Trinajstić information content (AvgIpc) is 2.86. The van der Waals surface area contributed by atoms with Crippen LogP contribution >= 0.6 is 0 Å². The van der Waals surface area contributed by atoms with Crippen LogP contribution in [0.1, 0.15) is 31.9 Å². The zero-order chi connectivity index (χ0) is 13.7. The van der Waals surface area contributed by atoms with E-state index in [4.69, 9.17) is 9.47 Å². The maximum Gasteiger partial charge on any atom is 0.231 e. The highest BCUT2D eigenvalue weighted by atomic mass is 16.7. The van der Waals surface area contributed by atoms with Crippen molar-refractivity contribution < 1.29 is 14.3 Å². The molecule has 0 saturated carbocycles. The number of ether oxygens (including phenoxy) is 2. The van der Waals surface area contributed by atoms with Crippen LogP contribution < -0.4 is 20.1 Å². The standard InChI is InChI=1S/C14H20N2O3/c1-3-15-7-6-14(17)16-10(2)11-4-5-12-13(8-11)19-9-18-12/h4-5,8,10,15H,3,6-7,9H2,1-2H3,(H,16,17). The number of carbonyl (C=O) groups excluding carboxylic acids is 1. The molecule has 0 aromatic heterocycles. The van der Waals surface area contributed by atoms with Crippen molar-refractivity contribution >= 4 is 5.91 Å². The Kier molecular flexibility index (Phi) is 4.63. The first-order chi connectivity index (χ1) is 9.20. The van der Waals surface area contributed by atoms with Gasteiger partial charge in [-0.15, -0.1) is 0 Å². The lowest BCUT2D eigenvalue weighted by molar-refractivity contribution is -0.121. The minimum Gasteiger partial charge on any atom is -0.454 e. The Balaban J connectivity index is 1.89. The van der Waals surface area contributed by atoms with Gasteiger partial charge in [-0.25, -0.2) is 0 Å². The number of hydrogen-bond acceptors (Lipinski definition) is 4. The zero-order valence-corrected chi connectivity index (χ0v) is 11.4. The van der Waals surface area contributed by atoms with Crippen LogP contribution in [0.5, 0.6) is 11.5 Å². The monoisotopic (exact) mass is 264 g/mol. The number of amides is 1.